The van der Waals surface area contributed by atoms with Crippen LogP contribution in [0, 0.1) is 6.92 Å². The molecular formula is C15H17F2N3O2S. The highest BCUT2D eigenvalue weighted by molar-refractivity contribution is 7.09. The SMILES string of the molecule is Cc1csc(C(C)NC(=O)NCc2ccc(OC(F)F)cc2)n1. The Morgan fingerprint density at radius 2 is 2.04 bits per heavy atom. The first-order chi connectivity index (χ1) is 10.9. The summed E-state index contributed by atoms with van der Waals surface area (Å²) in [7, 11) is 0. The number of alkyl halides is 2. The molecule has 124 valence electrons. The zero-order valence-electron chi connectivity index (χ0n) is 12.7. The fourth-order valence-electron chi connectivity index (χ4n) is 1.85. The minimum atomic E-state index is -2.85. The molecule has 0 saturated carbocycles. The largest absolute Gasteiger partial charge is 0.435 e. The van der Waals surface area contributed by atoms with E-state index in [1.165, 1.54) is 23.5 Å². The lowest BCUT2D eigenvalue weighted by molar-refractivity contribution is -0.0498. The highest BCUT2D eigenvalue weighted by Crippen LogP contribution is 2.17. The zero-order chi connectivity index (χ0) is 16.8. The van der Waals surface area contributed by atoms with E-state index in [1.807, 2.05) is 19.2 Å². The Morgan fingerprint density at radius 3 is 2.61 bits per heavy atom. The predicted molar refractivity (Wildman–Crippen MR) is 83.7 cm³/mol. The number of rotatable bonds is 6. The van der Waals surface area contributed by atoms with Crippen LogP contribution in [0.1, 0.15) is 29.2 Å². The highest BCUT2D eigenvalue weighted by Gasteiger charge is 2.12. The number of hydrogen-bond acceptors (Lipinski definition) is 4. The molecule has 0 fully saturated rings. The predicted octanol–water partition coefficient (Wildman–Crippen LogP) is 3.61. The van der Waals surface area contributed by atoms with Gasteiger partial charge in [0.2, 0.25) is 0 Å². The van der Waals surface area contributed by atoms with Crippen LogP contribution in [-0.2, 0) is 6.54 Å². The molecular weight excluding hydrogens is 324 g/mol. The summed E-state index contributed by atoms with van der Waals surface area (Å²) < 4.78 is 28.4. The number of aryl methyl sites for hydroxylation is 1. The van der Waals surface area contributed by atoms with E-state index < -0.39 is 6.61 Å². The van der Waals surface area contributed by atoms with Gasteiger partial charge in [-0.25, -0.2) is 9.78 Å². The van der Waals surface area contributed by atoms with Crippen LogP contribution >= 0.6 is 11.3 Å². The lowest BCUT2D eigenvalue weighted by Gasteiger charge is -2.12. The van der Waals surface area contributed by atoms with Gasteiger partial charge in [0.15, 0.2) is 0 Å². The van der Waals surface area contributed by atoms with Crippen molar-refractivity contribution in [2.24, 2.45) is 0 Å². The van der Waals surface area contributed by atoms with Gasteiger partial charge in [-0.15, -0.1) is 11.3 Å². The van der Waals surface area contributed by atoms with E-state index >= 15 is 0 Å². The second kappa shape index (κ2) is 7.87. The number of nitrogens with zero attached hydrogens (tertiary/aromatic N) is 1. The smallest absolute Gasteiger partial charge is 0.387 e. The lowest BCUT2D eigenvalue weighted by Crippen LogP contribution is -2.36. The Balaban J connectivity index is 1.79. The first kappa shape index (κ1) is 17.1. The van der Waals surface area contributed by atoms with Crippen molar-refractivity contribution in [2.45, 2.75) is 33.0 Å². The number of ether oxygens (including phenoxy) is 1. The van der Waals surface area contributed by atoms with Gasteiger partial charge in [-0.05, 0) is 31.5 Å². The number of carbonyl (C=O) groups is 1. The van der Waals surface area contributed by atoms with Gasteiger partial charge in [0, 0.05) is 17.6 Å². The van der Waals surface area contributed by atoms with E-state index in [4.69, 9.17) is 0 Å². The first-order valence-corrected chi connectivity index (χ1v) is 7.82. The summed E-state index contributed by atoms with van der Waals surface area (Å²) in [6, 6.07) is 5.59. The number of halogens is 2. The van der Waals surface area contributed by atoms with E-state index in [2.05, 4.69) is 20.4 Å². The van der Waals surface area contributed by atoms with Crippen molar-refractivity contribution >= 4 is 17.4 Å². The van der Waals surface area contributed by atoms with Crippen molar-refractivity contribution in [3.05, 3.63) is 45.9 Å². The van der Waals surface area contributed by atoms with Crippen LogP contribution in [0.4, 0.5) is 13.6 Å². The zero-order valence-corrected chi connectivity index (χ0v) is 13.5. The Morgan fingerprint density at radius 1 is 1.35 bits per heavy atom. The van der Waals surface area contributed by atoms with Crippen molar-refractivity contribution < 1.29 is 18.3 Å². The van der Waals surface area contributed by atoms with E-state index in [9.17, 15) is 13.6 Å². The number of thiazole rings is 1. The monoisotopic (exact) mass is 341 g/mol. The molecule has 1 heterocycles. The Hall–Kier alpha value is -2.22. The molecule has 2 aromatic rings. The van der Waals surface area contributed by atoms with Crippen molar-refractivity contribution in [3.8, 4) is 5.75 Å². The van der Waals surface area contributed by atoms with Gasteiger partial charge < -0.3 is 15.4 Å². The fraction of sp³-hybridized carbons (Fsp3) is 0.333. The topological polar surface area (TPSA) is 63.2 Å². The average Bonchev–Trinajstić information content (AvgIpc) is 2.93. The highest BCUT2D eigenvalue weighted by atomic mass is 32.1. The third kappa shape index (κ3) is 5.48. The summed E-state index contributed by atoms with van der Waals surface area (Å²) in [5, 5.41) is 8.26. The molecule has 0 bridgehead atoms. The number of nitrogens with one attached hydrogen (secondary N) is 2. The molecule has 0 saturated heterocycles. The Bertz CT molecular complexity index is 646. The maximum absolute atomic E-state index is 12.0. The molecule has 1 aromatic heterocycles. The molecule has 0 aliphatic rings. The summed E-state index contributed by atoms with van der Waals surface area (Å²) in [6.45, 7) is 1.19. The summed E-state index contributed by atoms with van der Waals surface area (Å²) in [6.07, 6.45) is 0. The van der Waals surface area contributed by atoms with Gasteiger partial charge in [0.25, 0.3) is 0 Å². The fourth-order valence-corrected chi connectivity index (χ4v) is 2.66. The molecule has 8 heteroatoms. The van der Waals surface area contributed by atoms with E-state index in [0.717, 1.165) is 16.3 Å². The standard InChI is InChI=1S/C15H17F2N3O2S/c1-9-8-23-13(19-9)10(2)20-15(21)18-7-11-3-5-12(6-4-11)22-14(16)17/h3-6,8,10,14H,7H2,1-2H3,(H2,18,20,21). The van der Waals surface area contributed by atoms with Gasteiger partial charge in [0.05, 0.1) is 6.04 Å². The third-order valence-corrected chi connectivity index (χ3v) is 4.10. The van der Waals surface area contributed by atoms with Crippen LogP contribution in [0.25, 0.3) is 0 Å². The molecule has 0 aliphatic carbocycles. The van der Waals surface area contributed by atoms with Crippen molar-refractivity contribution in [1.29, 1.82) is 0 Å². The molecule has 1 unspecified atom stereocenters. The van der Waals surface area contributed by atoms with Gasteiger partial charge >= 0.3 is 12.6 Å². The maximum atomic E-state index is 12.0. The van der Waals surface area contributed by atoms with Gasteiger partial charge in [-0.3, -0.25) is 0 Å². The summed E-state index contributed by atoms with van der Waals surface area (Å²) in [5.41, 5.74) is 1.70. The molecule has 0 radical (unpaired) electrons. The number of aromatic nitrogens is 1. The number of carbonyl (C=O) groups excluding carboxylic acids is 1. The van der Waals surface area contributed by atoms with E-state index in [1.54, 1.807) is 12.1 Å². The molecule has 5 nitrogen and oxygen atoms in total. The van der Waals surface area contributed by atoms with Crippen molar-refractivity contribution in [2.75, 3.05) is 0 Å². The van der Waals surface area contributed by atoms with Gasteiger partial charge in [0.1, 0.15) is 10.8 Å². The second-order valence-corrected chi connectivity index (χ2v) is 5.79. The number of urea groups is 1. The third-order valence-electron chi connectivity index (χ3n) is 2.96. The number of benzene rings is 1. The van der Waals surface area contributed by atoms with Gasteiger partial charge in [-0.1, -0.05) is 12.1 Å². The maximum Gasteiger partial charge on any atom is 0.387 e. The Labute approximate surface area is 136 Å². The van der Waals surface area contributed by atoms with Crippen molar-refractivity contribution in [3.63, 3.8) is 0 Å². The van der Waals surface area contributed by atoms with Crippen molar-refractivity contribution in [1.82, 2.24) is 15.6 Å². The molecule has 1 aromatic carbocycles. The molecule has 2 rings (SSSR count). The molecule has 23 heavy (non-hydrogen) atoms. The normalized spacial score (nSPS) is 12.0. The molecule has 2 N–H and O–H groups in total. The lowest BCUT2D eigenvalue weighted by atomic mass is 10.2. The average molecular weight is 341 g/mol. The molecule has 0 spiro atoms. The summed E-state index contributed by atoms with van der Waals surface area (Å²) in [4.78, 5) is 16.2. The summed E-state index contributed by atoms with van der Waals surface area (Å²) in [5.74, 6) is 0.0842. The van der Waals surface area contributed by atoms with E-state index in [-0.39, 0.29) is 24.4 Å². The second-order valence-electron chi connectivity index (χ2n) is 4.90. The van der Waals surface area contributed by atoms with Crippen LogP contribution < -0.4 is 15.4 Å². The molecule has 2 amide bonds. The van der Waals surface area contributed by atoms with Gasteiger partial charge in [-0.2, -0.15) is 8.78 Å². The van der Waals surface area contributed by atoms with Crippen LogP contribution in [0.2, 0.25) is 0 Å². The van der Waals surface area contributed by atoms with Crippen LogP contribution in [0.3, 0.4) is 0 Å². The minimum absolute atomic E-state index is 0.0842. The Kier molecular flexibility index (Phi) is 5.86. The van der Waals surface area contributed by atoms with Crippen LogP contribution in [-0.4, -0.2) is 17.6 Å². The summed E-state index contributed by atoms with van der Waals surface area (Å²) >= 11 is 1.49. The van der Waals surface area contributed by atoms with Crippen LogP contribution in [0.5, 0.6) is 5.75 Å². The molecule has 0 aliphatic heterocycles. The minimum Gasteiger partial charge on any atom is -0.435 e. The first-order valence-electron chi connectivity index (χ1n) is 6.94. The van der Waals surface area contributed by atoms with Crippen LogP contribution in [0.15, 0.2) is 29.6 Å². The number of hydrogen-bond donors (Lipinski definition) is 2. The quantitative estimate of drug-likeness (QED) is 0.844. The molecule has 1 atom stereocenters. The van der Waals surface area contributed by atoms with E-state index in [0.29, 0.717) is 0 Å². The number of amides is 2.